The zero-order valence-corrected chi connectivity index (χ0v) is 10.3. The summed E-state index contributed by atoms with van der Waals surface area (Å²) in [6, 6.07) is -1.81. The maximum absolute atomic E-state index is 11.6. The summed E-state index contributed by atoms with van der Waals surface area (Å²) in [7, 11) is 0. The van der Waals surface area contributed by atoms with Gasteiger partial charge in [0.2, 0.25) is 0 Å². The summed E-state index contributed by atoms with van der Waals surface area (Å²) in [6.45, 7) is 1.71. The maximum Gasteiger partial charge on any atom is 0.320 e. The summed E-state index contributed by atoms with van der Waals surface area (Å²) < 4.78 is 0. The highest BCUT2D eigenvalue weighted by atomic mass is 16.4. The lowest BCUT2D eigenvalue weighted by molar-refractivity contribution is -0.139. The molecule has 1 unspecified atom stereocenters. The van der Waals surface area contributed by atoms with E-state index in [0.717, 1.165) is 0 Å². The molecule has 0 fully saturated rings. The molecule has 18 heavy (non-hydrogen) atoms. The van der Waals surface area contributed by atoms with Crippen LogP contribution in [0.25, 0.3) is 0 Å². The van der Waals surface area contributed by atoms with Gasteiger partial charge in [-0.3, -0.25) is 14.4 Å². The molecule has 0 saturated heterocycles. The highest BCUT2D eigenvalue weighted by molar-refractivity contribution is 5.84. The van der Waals surface area contributed by atoms with Gasteiger partial charge in [-0.1, -0.05) is 6.92 Å². The van der Waals surface area contributed by atoms with E-state index in [4.69, 9.17) is 21.7 Å². The van der Waals surface area contributed by atoms with Crippen LogP contribution in [0, 0.1) is 5.92 Å². The van der Waals surface area contributed by atoms with Crippen molar-refractivity contribution in [3.05, 3.63) is 0 Å². The smallest absolute Gasteiger partial charge is 0.320 e. The number of carbonyl (C=O) groups excluding carboxylic acids is 1. The van der Waals surface area contributed by atoms with Gasteiger partial charge >= 0.3 is 11.9 Å². The van der Waals surface area contributed by atoms with E-state index >= 15 is 0 Å². The van der Waals surface area contributed by atoms with Crippen molar-refractivity contribution < 1.29 is 24.6 Å². The van der Waals surface area contributed by atoms with E-state index in [1.807, 2.05) is 0 Å². The van der Waals surface area contributed by atoms with Crippen LogP contribution < -0.4 is 11.5 Å². The predicted molar refractivity (Wildman–Crippen MR) is 63.9 cm³/mol. The Morgan fingerprint density at radius 1 is 1.11 bits per heavy atom. The van der Waals surface area contributed by atoms with Crippen LogP contribution in [0.2, 0.25) is 0 Å². The molecular formula is C11H20N2O5. The van der Waals surface area contributed by atoms with Gasteiger partial charge in [-0.2, -0.15) is 0 Å². The topological polar surface area (TPSA) is 144 Å². The van der Waals surface area contributed by atoms with Crippen LogP contribution in [0.3, 0.4) is 0 Å². The molecular weight excluding hydrogens is 240 g/mol. The molecule has 0 radical (unpaired) electrons. The second-order valence-corrected chi connectivity index (χ2v) is 4.49. The number of ketones is 1. The molecule has 0 heterocycles. The van der Waals surface area contributed by atoms with Crippen molar-refractivity contribution in [2.75, 3.05) is 0 Å². The maximum atomic E-state index is 11.6. The number of Topliss-reactive ketones (excluding diaryl/α,β-unsaturated/α-hetero) is 1. The van der Waals surface area contributed by atoms with Crippen molar-refractivity contribution in [1.29, 1.82) is 0 Å². The van der Waals surface area contributed by atoms with E-state index in [1.165, 1.54) is 0 Å². The van der Waals surface area contributed by atoms with Gasteiger partial charge in [0.05, 0.1) is 6.04 Å². The lowest BCUT2D eigenvalue weighted by atomic mass is 9.93. The molecule has 0 amide bonds. The number of carboxylic acid groups (broad SMARTS) is 2. The zero-order chi connectivity index (χ0) is 14.3. The van der Waals surface area contributed by atoms with E-state index in [9.17, 15) is 14.4 Å². The number of aliphatic carboxylic acids is 2. The van der Waals surface area contributed by atoms with E-state index in [0.29, 0.717) is 0 Å². The van der Waals surface area contributed by atoms with Gasteiger partial charge in [-0.25, -0.2) is 0 Å². The van der Waals surface area contributed by atoms with E-state index < -0.39 is 24.0 Å². The number of rotatable bonds is 9. The largest absolute Gasteiger partial charge is 0.481 e. The average molecular weight is 260 g/mol. The first-order valence-corrected chi connectivity index (χ1v) is 5.72. The van der Waals surface area contributed by atoms with Crippen LogP contribution in [0.15, 0.2) is 0 Å². The van der Waals surface area contributed by atoms with Crippen molar-refractivity contribution >= 4 is 17.7 Å². The summed E-state index contributed by atoms with van der Waals surface area (Å²) in [5, 5.41) is 17.1. The van der Waals surface area contributed by atoms with E-state index in [1.54, 1.807) is 6.92 Å². The first-order valence-electron chi connectivity index (χ1n) is 5.72. The lowest BCUT2D eigenvalue weighted by Crippen LogP contribution is -2.35. The van der Waals surface area contributed by atoms with Crippen molar-refractivity contribution in [2.45, 2.75) is 44.7 Å². The van der Waals surface area contributed by atoms with Crippen LogP contribution in [0.4, 0.5) is 0 Å². The van der Waals surface area contributed by atoms with Crippen LogP contribution >= 0.6 is 0 Å². The Morgan fingerprint density at radius 2 is 1.67 bits per heavy atom. The van der Waals surface area contributed by atoms with Gasteiger partial charge in [-0.05, 0) is 18.8 Å². The highest BCUT2D eigenvalue weighted by Gasteiger charge is 2.21. The van der Waals surface area contributed by atoms with Crippen molar-refractivity contribution in [2.24, 2.45) is 17.4 Å². The summed E-state index contributed by atoms with van der Waals surface area (Å²) >= 11 is 0. The molecule has 0 aromatic carbocycles. The van der Waals surface area contributed by atoms with Crippen molar-refractivity contribution in [3.8, 4) is 0 Å². The van der Waals surface area contributed by atoms with Gasteiger partial charge in [0, 0.05) is 12.8 Å². The number of carboxylic acids is 2. The SMILES string of the molecule is CC(CC(=O)[C@@H](N)CCC(=O)O)C[C@H](N)C(=O)O. The normalized spacial score (nSPS) is 15.7. The second kappa shape index (κ2) is 7.78. The summed E-state index contributed by atoms with van der Waals surface area (Å²) in [5.74, 6) is -2.57. The Balaban J connectivity index is 4.06. The van der Waals surface area contributed by atoms with Crippen molar-refractivity contribution in [3.63, 3.8) is 0 Å². The Kier molecular flexibility index (Phi) is 7.14. The Labute approximate surface area is 105 Å². The zero-order valence-electron chi connectivity index (χ0n) is 10.3. The molecule has 7 heteroatoms. The first-order chi connectivity index (χ1) is 8.23. The predicted octanol–water partition coefficient (Wildman–Crippen LogP) is -0.424. The van der Waals surface area contributed by atoms with Gasteiger partial charge in [0.15, 0.2) is 0 Å². The molecule has 3 atom stereocenters. The lowest BCUT2D eigenvalue weighted by Gasteiger charge is -2.16. The van der Waals surface area contributed by atoms with Crippen LogP contribution in [0.5, 0.6) is 0 Å². The number of nitrogens with two attached hydrogens (primary N) is 2. The monoisotopic (exact) mass is 260 g/mol. The Bertz CT molecular complexity index is 319. The fraction of sp³-hybridized carbons (Fsp3) is 0.727. The summed E-state index contributed by atoms with van der Waals surface area (Å²) in [5.41, 5.74) is 10.9. The molecule has 0 saturated carbocycles. The van der Waals surface area contributed by atoms with Gasteiger partial charge in [-0.15, -0.1) is 0 Å². The number of hydrogen-bond donors (Lipinski definition) is 4. The first kappa shape index (κ1) is 16.5. The highest BCUT2D eigenvalue weighted by Crippen LogP contribution is 2.12. The Morgan fingerprint density at radius 3 is 2.11 bits per heavy atom. The fourth-order valence-electron chi connectivity index (χ4n) is 1.55. The summed E-state index contributed by atoms with van der Waals surface area (Å²) in [6.07, 6.45) is 0.232. The van der Waals surface area contributed by atoms with E-state index in [-0.39, 0.29) is 37.4 Å². The van der Waals surface area contributed by atoms with Gasteiger partial charge in [0.1, 0.15) is 11.8 Å². The third-order valence-corrected chi connectivity index (χ3v) is 2.61. The number of hydrogen-bond acceptors (Lipinski definition) is 5. The Hall–Kier alpha value is -1.47. The standard InChI is InChI=1S/C11H20N2O5/c1-6(4-8(13)11(17)18)5-9(14)7(12)2-3-10(15)16/h6-8H,2-5,12-13H2,1H3,(H,15,16)(H,17,18)/t6?,7-,8-/m0/s1. The third-order valence-electron chi connectivity index (χ3n) is 2.61. The molecule has 0 spiro atoms. The van der Waals surface area contributed by atoms with Crippen molar-refractivity contribution in [1.82, 2.24) is 0 Å². The average Bonchev–Trinajstić information content (AvgIpc) is 2.24. The second-order valence-electron chi connectivity index (χ2n) is 4.49. The summed E-state index contributed by atoms with van der Waals surface area (Å²) in [4.78, 5) is 32.5. The van der Waals surface area contributed by atoms with Gasteiger partial charge < -0.3 is 21.7 Å². The molecule has 7 nitrogen and oxygen atoms in total. The minimum atomic E-state index is -1.11. The molecule has 0 aliphatic carbocycles. The minimum Gasteiger partial charge on any atom is -0.481 e. The molecule has 0 bridgehead atoms. The molecule has 0 aromatic heterocycles. The van der Waals surface area contributed by atoms with E-state index in [2.05, 4.69) is 0 Å². The number of carbonyl (C=O) groups is 3. The molecule has 0 aliphatic rings. The van der Waals surface area contributed by atoms with Gasteiger partial charge in [0.25, 0.3) is 0 Å². The van der Waals surface area contributed by atoms with Crippen LogP contribution in [-0.2, 0) is 14.4 Å². The molecule has 0 rings (SSSR count). The quantitative estimate of drug-likeness (QED) is 0.440. The molecule has 6 N–H and O–H groups in total. The third kappa shape index (κ3) is 6.97. The van der Waals surface area contributed by atoms with Crippen LogP contribution in [0.1, 0.15) is 32.6 Å². The molecule has 0 aliphatic heterocycles. The molecule has 104 valence electrons. The van der Waals surface area contributed by atoms with Crippen LogP contribution in [-0.4, -0.2) is 40.0 Å². The fourth-order valence-corrected chi connectivity index (χ4v) is 1.55. The minimum absolute atomic E-state index is 0.0892. The molecule has 0 aromatic rings.